The van der Waals surface area contributed by atoms with Gasteiger partial charge in [-0.05, 0) is 47.6 Å². The molecule has 10 heteroatoms. The Morgan fingerprint density at radius 1 is 1.22 bits per heavy atom. The molecule has 1 aliphatic carbocycles. The van der Waals surface area contributed by atoms with Gasteiger partial charge in [-0.3, -0.25) is 19.3 Å². The van der Waals surface area contributed by atoms with Crippen LogP contribution in [0.2, 0.25) is 0 Å². The second-order valence-electron chi connectivity index (χ2n) is 10.7. The zero-order valence-electron chi connectivity index (χ0n) is 21.2. The molecule has 0 unspecified atom stereocenters. The molecule has 0 spiro atoms. The Balaban J connectivity index is 1.42. The number of aryl methyl sites for hydroxylation is 1. The lowest BCUT2D eigenvalue weighted by Gasteiger charge is -2.43. The van der Waals surface area contributed by atoms with E-state index in [4.69, 9.17) is 9.84 Å². The van der Waals surface area contributed by atoms with Crippen LogP contribution in [-0.4, -0.2) is 71.0 Å². The van der Waals surface area contributed by atoms with Gasteiger partial charge in [0.05, 0.1) is 25.3 Å². The Kier molecular flexibility index (Phi) is 6.39. The molecule has 37 heavy (non-hydrogen) atoms. The number of nitrogens with zero attached hydrogens (tertiary/aromatic N) is 3. The third kappa shape index (κ3) is 4.66. The van der Waals surface area contributed by atoms with E-state index in [0.717, 1.165) is 18.4 Å². The largest absolute Gasteiger partial charge is 0.481 e. The molecular weight excluding hydrogens is 479 g/mol. The molecule has 9 nitrogen and oxygen atoms in total. The number of halogens is 1. The van der Waals surface area contributed by atoms with Crippen LogP contribution in [0.15, 0.2) is 24.3 Å². The molecule has 3 aliphatic rings. The molecule has 0 bridgehead atoms. The van der Waals surface area contributed by atoms with Crippen LogP contribution in [0.3, 0.4) is 0 Å². The number of amides is 2. The molecule has 0 saturated carbocycles. The molecule has 196 valence electrons. The lowest BCUT2D eigenvalue weighted by atomic mass is 9.86. The smallest absolute Gasteiger partial charge is 0.317 e. The van der Waals surface area contributed by atoms with E-state index in [1.165, 1.54) is 13.2 Å². The van der Waals surface area contributed by atoms with Crippen LogP contribution in [0, 0.1) is 11.7 Å². The molecule has 1 saturated heterocycles. The summed E-state index contributed by atoms with van der Waals surface area (Å²) in [4.78, 5) is 45.9. The van der Waals surface area contributed by atoms with Crippen LogP contribution in [0.25, 0.3) is 0 Å². The van der Waals surface area contributed by atoms with Crippen LogP contribution in [-0.2, 0) is 32.6 Å². The molecule has 1 atom stereocenters. The van der Waals surface area contributed by atoms with Gasteiger partial charge in [-0.1, -0.05) is 13.8 Å². The van der Waals surface area contributed by atoms with Crippen LogP contribution in [0.1, 0.15) is 48.7 Å². The molecule has 1 aromatic heterocycles. The number of nitrogens with one attached hydrogen (secondary N) is 1. The maximum absolute atomic E-state index is 15.1. The van der Waals surface area contributed by atoms with E-state index >= 15 is 4.39 Å². The highest BCUT2D eigenvalue weighted by molar-refractivity contribution is 5.99. The summed E-state index contributed by atoms with van der Waals surface area (Å²) in [5, 5.41) is 11.9. The normalized spacial score (nSPS) is 20.5. The molecule has 5 rings (SSSR count). The van der Waals surface area contributed by atoms with Crippen LogP contribution in [0.5, 0.6) is 5.88 Å². The van der Waals surface area contributed by atoms with Gasteiger partial charge in [0.25, 0.3) is 5.91 Å². The van der Waals surface area contributed by atoms with Gasteiger partial charge >= 0.3 is 5.97 Å². The van der Waals surface area contributed by atoms with Crippen molar-refractivity contribution in [3.63, 3.8) is 0 Å². The lowest BCUT2D eigenvalue weighted by Crippen LogP contribution is -2.57. The van der Waals surface area contributed by atoms with Crippen molar-refractivity contribution < 1.29 is 28.6 Å². The van der Waals surface area contributed by atoms with Crippen molar-refractivity contribution in [3.05, 3.63) is 52.5 Å². The summed E-state index contributed by atoms with van der Waals surface area (Å²) in [6.07, 6.45) is 2.02. The first-order valence-electron chi connectivity index (χ1n) is 12.5. The first-order chi connectivity index (χ1) is 17.6. The van der Waals surface area contributed by atoms with E-state index in [1.807, 2.05) is 19.9 Å². The van der Waals surface area contributed by atoms with Crippen LogP contribution < -0.4 is 10.1 Å². The van der Waals surface area contributed by atoms with Gasteiger partial charge in [0, 0.05) is 43.4 Å². The van der Waals surface area contributed by atoms with Gasteiger partial charge < -0.3 is 20.1 Å². The Morgan fingerprint density at radius 2 is 1.97 bits per heavy atom. The first kappa shape index (κ1) is 25.1. The summed E-state index contributed by atoms with van der Waals surface area (Å²) in [6.45, 7) is 4.85. The Morgan fingerprint density at radius 3 is 2.68 bits per heavy atom. The van der Waals surface area contributed by atoms with E-state index in [0.29, 0.717) is 47.9 Å². The van der Waals surface area contributed by atoms with Crippen molar-refractivity contribution in [1.82, 2.24) is 14.8 Å². The number of pyridine rings is 1. The van der Waals surface area contributed by atoms with Crippen molar-refractivity contribution in [2.45, 2.75) is 44.6 Å². The summed E-state index contributed by atoms with van der Waals surface area (Å²) in [7, 11) is 1.51. The van der Waals surface area contributed by atoms with E-state index in [-0.39, 0.29) is 36.1 Å². The molecule has 1 fully saturated rings. The number of carbonyl (C=O) groups excluding carboxylic acids is 2. The second kappa shape index (κ2) is 9.41. The zero-order chi connectivity index (χ0) is 26.5. The van der Waals surface area contributed by atoms with Crippen LogP contribution in [0.4, 0.5) is 10.1 Å². The number of hydrogen-bond acceptors (Lipinski definition) is 6. The highest BCUT2D eigenvalue weighted by Crippen LogP contribution is 2.41. The molecule has 1 aromatic carbocycles. The standard InChI is InChI=1S/C27H31FN4O5/c1-27(2)8-6-15-10-17(11-19(28)23(15)27)29-25(35)24-18-4-5-21(37-3)30-20(18)7-9-32(24)26(36)16-12-31(13-16)14-22(33)34/h4-5,10-11,16,24H,6-9,12-14H2,1-3H3,(H,29,35)(H,33,34)/t24-/m1/s1. The molecule has 3 heterocycles. The highest BCUT2D eigenvalue weighted by atomic mass is 19.1. The van der Waals surface area contributed by atoms with E-state index in [2.05, 4.69) is 10.3 Å². The van der Waals surface area contributed by atoms with Crippen LogP contribution >= 0.6 is 0 Å². The number of aromatic nitrogens is 1. The molecular formula is C27H31FN4O5. The Hall–Kier alpha value is -3.53. The number of carbonyl (C=O) groups is 3. The van der Waals surface area contributed by atoms with Gasteiger partial charge in [-0.25, -0.2) is 9.37 Å². The minimum absolute atomic E-state index is 0.124. The number of carboxylic acid groups (broad SMARTS) is 1. The predicted octanol–water partition coefficient (Wildman–Crippen LogP) is 2.53. The third-order valence-corrected chi connectivity index (χ3v) is 7.72. The minimum atomic E-state index is -0.948. The summed E-state index contributed by atoms with van der Waals surface area (Å²) in [6, 6.07) is 5.62. The summed E-state index contributed by atoms with van der Waals surface area (Å²) in [5.74, 6) is -1.90. The minimum Gasteiger partial charge on any atom is -0.481 e. The number of rotatable bonds is 6. The Labute approximate surface area is 214 Å². The number of aliphatic carboxylic acids is 1. The van der Waals surface area contributed by atoms with Crippen molar-refractivity contribution in [1.29, 1.82) is 0 Å². The maximum Gasteiger partial charge on any atom is 0.317 e. The molecule has 2 N–H and O–H groups in total. The molecule has 2 aliphatic heterocycles. The summed E-state index contributed by atoms with van der Waals surface area (Å²) < 4.78 is 20.3. The summed E-state index contributed by atoms with van der Waals surface area (Å²) in [5.41, 5.74) is 2.95. The number of anilines is 1. The van der Waals surface area contributed by atoms with Gasteiger partial charge in [0.15, 0.2) is 0 Å². The van der Waals surface area contributed by atoms with Crippen molar-refractivity contribution in [2.75, 3.05) is 38.6 Å². The quantitative estimate of drug-likeness (QED) is 0.614. The lowest BCUT2D eigenvalue weighted by molar-refractivity contribution is -0.150. The zero-order valence-corrected chi connectivity index (χ0v) is 21.2. The van der Waals surface area contributed by atoms with Gasteiger partial charge in [-0.2, -0.15) is 0 Å². The predicted molar refractivity (Wildman–Crippen MR) is 133 cm³/mol. The fraction of sp³-hybridized carbons (Fsp3) is 0.481. The SMILES string of the molecule is COc1ccc2c(n1)CCN(C(=O)C1CN(CC(=O)O)C1)[C@H]2C(=O)Nc1cc(F)c2c(c1)CCC2(C)C. The maximum atomic E-state index is 15.1. The number of benzene rings is 1. The van der Waals surface area contributed by atoms with Gasteiger partial charge in [0.2, 0.25) is 11.8 Å². The highest BCUT2D eigenvalue weighted by Gasteiger charge is 2.43. The second-order valence-corrected chi connectivity index (χ2v) is 10.7. The van der Waals surface area contributed by atoms with E-state index in [9.17, 15) is 14.4 Å². The number of fused-ring (bicyclic) bond motifs is 2. The number of likely N-dealkylation sites (tertiary alicyclic amines) is 1. The van der Waals surface area contributed by atoms with Crippen molar-refractivity contribution >= 4 is 23.5 Å². The number of carboxylic acids is 1. The van der Waals surface area contributed by atoms with Crippen molar-refractivity contribution in [3.8, 4) is 5.88 Å². The monoisotopic (exact) mass is 510 g/mol. The number of hydrogen-bond donors (Lipinski definition) is 2. The molecule has 2 amide bonds. The third-order valence-electron chi connectivity index (χ3n) is 7.72. The van der Waals surface area contributed by atoms with E-state index < -0.39 is 17.9 Å². The number of ether oxygens (including phenoxy) is 1. The average Bonchev–Trinajstić information content (AvgIpc) is 3.13. The number of methoxy groups -OCH3 is 1. The van der Waals surface area contributed by atoms with Gasteiger partial charge in [-0.15, -0.1) is 0 Å². The van der Waals surface area contributed by atoms with Crippen molar-refractivity contribution in [2.24, 2.45) is 5.92 Å². The first-order valence-corrected chi connectivity index (χ1v) is 12.5. The van der Waals surface area contributed by atoms with E-state index in [1.54, 1.807) is 21.9 Å². The molecule has 2 aromatic rings. The topological polar surface area (TPSA) is 112 Å². The fourth-order valence-corrected chi connectivity index (χ4v) is 5.85. The molecule has 0 radical (unpaired) electrons. The summed E-state index contributed by atoms with van der Waals surface area (Å²) >= 11 is 0. The Bertz CT molecular complexity index is 1270. The average molecular weight is 511 g/mol. The van der Waals surface area contributed by atoms with Gasteiger partial charge in [0.1, 0.15) is 11.9 Å². The fourth-order valence-electron chi connectivity index (χ4n) is 5.85.